The van der Waals surface area contributed by atoms with Gasteiger partial charge in [-0.15, -0.1) is 0 Å². The maximum absolute atomic E-state index is 13.1. The van der Waals surface area contributed by atoms with Crippen LogP contribution in [0.4, 0.5) is 4.39 Å². The van der Waals surface area contributed by atoms with E-state index in [1.54, 1.807) is 6.07 Å². The van der Waals surface area contributed by atoms with Crippen molar-refractivity contribution in [2.75, 3.05) is 0 Å². The van der Waals surface area contributed by atoms with E-state index >= 15 is 0 Å². The zero-order valence-corrected chi connectivity index (χ0v) is 10.3. The van der Waals surface area contributed by atoms with E-state index in [4.69, 9.17) is 0 Å². The van der Waals surface area contributed by atoms with E-state index in [2.05, 4.69) is 6.92 Å². The molecular formula is C14H21FO. The Labute approximate surface area is 97.3 Å². The fourth-order valence-electron chi connectivity index (χ4n) is 1.93. The van der Waals surface area contributed by atoms with Gasteiger partial charge in [0.15, 0.2) is 0 Å². The molecule has 0 aliphatic rings. The molecule has 1 rings (SSSR count). The minimum atomic E-state index is -0.375. The highest BCUT2D eigenvalue weighted by Crippen LogP contribution is 2.18. The molecule has 0 radical (unpaired) electrons. The molecule has 16 heavy (non-hydrogen) atoms. The second kappa shape index (κ2) is 6.00. The molecule has 0 aliphatic carbocycles. The lowest BCUT2D eigenvalue weighted by atomic mass is 9.92. The number of aryl methyl sites for hydroxylation is 1. The Morgan fingerprint density at radius 3 is 2.69 bits per heavy atom. The first-order chi connectivity index (χ1) is 7.54. The molecule has 0 bridgehead atoms. The van der Waals surface area contributed by atoms with E-state index in [1.807, 2.05) is 13.8 Å². The highest BCUT2D eigenvalue weighted by atomic mass is 19.1. The zero-order valence-electron chi connectivity index (χ0n) is 10.3. The summed E-state index contributed by atoms with van der Waals surface area (Å²) in [4.78, 5) is 0. The van der Waals surface area contributed by atoms with Crippen LogP contribution in [0.15, 0.2) is 18.2 Å². The third kappa shape index (κ3) is 3.60. The van der Waals surface area contributed by atoms with Gasteiger partial charge in [-0.05, 0) is 48.9 Å². The quantitative estimate of drug-likeness (QED) is 0.812. The monoisotopic (exact) mass is 224 g/mol. The summed E-state index contributed by atoms with van der Waals surface area (Å²) >= 11 is 0. The van der Waals surface area contributed by atoms with Crippen LogP contribution in [0.1, 0.15) is 37.8 Å². The highest BCUT2D eigenvalue weighted by molar-refractivity contribution is 5.27. The lowest BCUT2D eigenvalue weighted by molar-refractivity contribution is 0.111. The van der Waals surface area contributed by atoms with Gasteiger partial charge < -0.3 is 5.11 Å². The maximum atomic E-state index is 13.1. The summed E-state index contributed by atoms with van der Waals surface area (Å²) in [5.41, 5.74) is 1.96. The van der Waals surface area contributed by atoms with E-state index in [0.29, 0.717) is 6.42 Å². The van der Waals surface area contributed by atoms with Crippen LogP contribution in [0.25, 0.3) is 0 Å². The van der Waals surface area contributed by atoms with Crippen LogP contribution in [0.5, 0.6) is 0 Å². The zero-order chi connectivity index (χ0) is 12.1. The first-order valence-corrected chi connectivity index (χ1v) is 5.97. The van der Waals surface area contributed by atoms with Crippen molar-refractivity contribution in [2.24, 2.45) is 5.92 Å². The standard InChI is InChI=1S/C14H21FO/c1-4-5-11(3)14(16)9-12-8-13(15)7-6-10(12)2/h6-8,11,14,16H,4-5,9H2,1-3H3. The molecule has 0 heterocycles. The molecule has 1 aromatic rings. The molecule has 2 heteroatoms. The fraction of sp³-hybridized carbons (Fsp3) is 0.571. The molecule has 0 spiro atoms. The van der Waals surface area contributed by atoms with Gasteiger partial charge in [-0.1, -0.05) is 26.3 Å². The Kier molecular flexibility index (Phi) is 4.94. The van der Waals surface area contributed by atoms with Crippen LogP contribution < -0.4 is 0 Å². The van der Waals surface area contributed by atoms with Gasteiger partial charge in [0.2, 0.25) is 0 Å². The molecule has 0 fully saturated rings. The number of hydrogen-bond donors (Lipinski definition) is 1. The van der Waals surface area contributed by atoms with Crippen molar-refractivity contribution in [3.63, 3.8) is 0 Å². The number of aliphatic hydroxyl groups excluding tert-OH is 1. The minimum absolute atomic E-state index is 0.226. The molecule has 1 nitrogen and oxygen atoms in total. The molecule has 0 amide bonds. The minimum Gasteiger partial charge on any atom is -0.393 e. The van der Waals surface area contributed by atoms with Crippen LogP contribution in [0.3, 0.4) is 0 Å². The van der Waals surface area contributed by atoms with Crippen LogP contribution in [0, 0.1) is 18.7 Å². The van der Waals surface area contributed by atoms with Crippen LogP contribution in [0.2, 0.25) is 0 Å². The first-order valence-electron chi connectivity index (χ1n) is 5.97. The molecular weight excluding hydrogens is 203 g/mol. The Balaban J connectivity index is 2.68. The van der Waals surface area contributed by atoms with Crippen LogP contribution >= 0.6 is 0 Å². The van der Waals surface area contributed by atoms with E-state index in [0.717, 1.165) is 24.0 Å². The molecule has 1 aromatic carbocycles. The van der Waals surface area contributed by atoms with E-state index < -0.39 is 0 Å². The summed E-state index contributed by atoms with van der Waals surface area (Å²) < 4.78 is 13.1. The summed E-state index contributed by atoms with van der Waals surface area (Å²) in [5, 5.41) is 10.00. The van der Waals surface area contributed by atoms with Crippen molar-refractivity contribution in [1.29, 1.82) is 0 Å². The van der Waals surface area contributed by atoms with Gasteiger partial charge in [0.25, 0.3) is 0 Å². The van der Waals surface area contributed by atoms with Gasteiger partial charge in [-0.25, -0.2) is 4.39 Å². The summed E-state index contributed by atoms with van der Waals surface area (Å²) in [6.45, 7) is 6.10. The van der Waals surface area contributed by atoms with Gasteiger partial charge >= 0.3 is 0 Å². The summed E-state index contributed by atoms with van der Waals surface area (Å²) in [5.74, 6) is 0.0450. The van der Waals surface area contributed by atoms with E-state index in [-0.39, 0.29) is 17.8 Å². The second-order valence-electron chi connectivity index (χ2n) is 4.61. The van der Waals surface area contributed by atoms with Crippen molar-refractivity contribution in [1.82, 2.24) is 0 Å². The van der Waals surface area contributed by atoms with Gasteiger partial charge in [0.05, 0.1) is 6.10 Å². The van der Waals surface area contributed by atoms with E-state index in [1.165, 1.54) is 12.1 Å². The van der Waals surface area contributed by atoms with Gasteiger partial charge in [-0.2, -0.15) is 0 Å². The summed E-state index contributed by atoms with van der Waals surface area (Å²) in [7, 11) is 0. The lowest BCUT2D eigenvalue weighted by Crippen LogP contribution is -2.20. The Hall–Kier alpha value is -0.890. The predicted molar refractivity (Wildman–Crippen MR) is 64.9 cm³/mol. The number of halogens is 1. The SMILES string of the molecule is CCCC(C)C(O)Cc1cc(F)ccc1C. The lowest BCUT2D eigenvalue weighted by Gasteiger charge is -2.19. The summed E-state index contributed by atoms with van der Waals surface area (Å²) in [6.07, 6.45) is 2.25. The van der Waals surface area contributed by atoms with Crippen molar-refractivity contribution in [2.45, 2.75) is 46.1 Å². The van der Waals surface area contributed by atoms with Crippen molar-refractivity contribution in [3.05, 3.63) is 35.1 Å². The van der Waals surface area contributed by atoms with Gasteiger partial charge in [0, 0.05) is 0 Å². The first kappa shape index (κ1) is 13.2. The maximum Gasteiger partial charge on any atom is 0.123 e. The average molecular weight is 224 g/mol. The normalized spacial score (nSPS) is 14.8. The highest BCUT2D eigenvalue weighted by Gasteiger charge is 2.15. The molecule has 0 aliphatic heterocycles. The Bertz CT molecular complexity index is 336. The number of benzene rings is 1. The summed E-state index contributed by atoms with van der Waals surface area (Å²) in [6, 6.07) is 4.75. The van der Waals surface area contributed by atoms with Gasteiger partial charge in [-0.3, -0.25) is 0 Å². The van der Waals surface area contributed by atoms with E-state index in [9.17, 15) is 9.50 Å². The fourth-order valence-corrected chi connectivity index (χ4v) is 1.93. The van der Waals surface area contributed by atoms with Crippen LogP contribution in [-0.2, 0) is 6.42 Å². The third-order valence-corrected chi connectivity index (χ3v) is 3.14. The molecule has 90 valence electrons. The van der Waals surface area contributed by atoms with Crippen molar-refractivity contribution < 1.29 is 9.50 Å². The van der Waals surface area contributed by atoms with Crippen molar-refractivity contribution in [3.8, 4) is 0 Å². The Morgan fingerprint density at radius 2 is 2.06 bits per heavy atom. The smallest absolute Gasteiger partial charge is 0.123 e. The average Bonchev–Trinajstić information content (AvgIpc) is 2.23. The molecule has 1 N–H and O–H groups in total. The Morgan fingerprint density at radius 1 is 1.38 bits per heavy atom. The molecule has 0 saturated heterocycles. The molecule has 2 unspecified atom stereocenters. The third-order valence-electron chi connectivity index (χ3n) is 3.14. The number of aliphatic hydroxyl groups is 1. The van der Waals surface area contributed by atoms with Gasteiger partial charge in [0.1, 0.15) is 5.82 Å². The number of hydrogen-bond acceptors (Lipinski definition) is 1. The van der Waals surface area contributed by atoms with Crippen LogP contribution in [-0.4, -0.2) is 11.2 Å². The van der Waals surface area contributed by atoms with Crippen molar-refractivity contribution >= 4 is 0 Å². The molecule has 2 atom stereocenters. The largest absolute Gasteiger partial charge is 0.393 e. The molecule has 0 saturated carbocycles. The number of rotatable bonds is 5. The topological polar surface area (TPSA) is 20.2 Å². The second-order valence-corrected chi connectivity index (χ2v) is 4.61. The molecule has 0 aromatic heterocycles. The predicted octanol–water partition coefficient (Wildman–Crippen LogP) is 3.47.